The van der Waals surface area contributed by atoms with E-state index in [1.54, 1.807) is 24.3 Å². The smallest absolute Gasteiger partial charge is 0.239 e. The van der Waals surface area contributed by atoms with E-state index in [0.717, 1.165) is 0 Å². The molecule has 1 heterocycles. The summed E-state index contributed by atoms with van der Waals surface area (Å²) in [5.74, 6) is 6.28. The standard InChI is InChI=1S/C12H12BrN5O2/c1-7(19)17-8-4-2-3-5-9(8)20-12-10(13)11(18-14)15-6-16-12/h2-6H,14H2,1H3,(H,17,19)(H,15,16,18). The molecule has 0 radical (unpaired) electrons. The topological polar surface area (TPSA) is 102 Å². The molecule has 20 heavy (non-hydrogen) atoms. The molecular weight excluding hydrogens is 326 g/mol. The van der Waals surface area contributed by atoms with E-state index in [-0.39, 0.29) is 11.8 Å². The maximum Gasteiger partial charge on any atom is 0.239 e. The third kappa shape index (κ3) is 3.22. The predicted molar refractivity (Wildman–Crippen MR) is 78.4 cm³/mol. The van der Waals surface area contributed by atoms with Crippen molar-refractivity contribution in [3.8, 4) is 11.6 Å². The molecule has 1 aromatic heterocycles. The molecule has 2 aromatic rings. The zero-order valence-electron chi connectivity index (χ0n) is 10.6. The van der Waals surface area contributed by atoms with Gasteiger partial charge in [0, 0.05) is 6.92 Å². The molecule has 1 amide bonds. The second-order valence-electron chi connectivity index (χ2n) is 3.77. The first-order chi connectivity index (χ1) is 9.61. The Balaban J connectivity index is 2.33. The molecule has 0 saturated carbocycles. The van der Waals surface area contributed by atoms with Gasteiger partial charge in [-0.25, -0.2) is 15.8 Å². The van der Waals surface area contributed by atoms with Crippen molar-refractivity contribution in [1.29, 1.82) is 0 Å². The number of aromatic nitrogens is 2. The first kappa shape index (κ1) is 14.2. The number of para-hydroxylation sites is 2. The summed E-state index contributed by atoms with van der Waals surface area (Å²) < 4.78 is 6.16. The van der Waals surface area contributed by atoms with Crippen LogP contribution < -0.4 is 21.3 Å². The molecule has 0 spiro atoms. The number of nitrogens with zero attached hydrogens (tertiary/aromatic N) is 2. The Morgan fingerprint density at radius 1 is 1.35 bits per heavy atom. The number of amides is 1. The molecule has 1 aromatic carbocycles. The van der Waals surface area contributed by atoms with Crippen molar-refractivity contribution < 1.29 is 9.53 Å². The molecule has 4 N–H and O–H groups in total. The van der Waals surface area contributed by atoms with Gasteiger partial charge in [-0.05, 0) is 28.1 Å². The number of hydrogen-bond acceptors (Lipinski definition) is 6. The highest BCUT2D eigenvalue weighted by Crippen LogP contribution is 2.34. The predicted octanol–water partition coefficient (Wildman–Crippen LogP) is 2.28. The van der Waals surface area contributed by atoms with Gasteiger partial charge < -0.3 is 15.5 Å². The summed E-state index contributed by atoms with van der Waals surface area (Å²) in [7, 11) is 0. The Kier molecular flexibility index (Phi) is 4.49. The van der Waals surface area contributed by atoms with Crippen LogP contribution in [0.5, 0.6) is 11.6 Å². The van der Waals surface area contributed by atoms with Crippen LogP contribution >= 0.6 is 15.9 Å². The lowest BCUT2D eigenvalue weighted by molar-refractivity contribution is -0.114. The number of carbonyl (C=O) groups excluding carboxylic acids is 1. The van der Waals surface area contributed by atoms with E-state index in [9.17, 15) is 4.79 Å². The van der Waals surface area contributed by atoms with Crippen LogP contribution in [0.3, 0.4) is 0 Å². The quantitative estimate of drug-likeness (QED) is 0.584. The molecule has 0 aliphatic rings. The average molecular weight is 338 g/mol. The maximum absolute atomic E-state index is 11.2. The number of ether oxygens (including phenoxy) is 1. The van der Waals surface area contributed by atoms with E-state index in [2.05, 4.69) is 36.6 Å². The van der Waals surface area contributed by atoms with E-state index in [0.29, 0.717) is 21.7 Å². The van der Waals surface area contributed by atoms with Gasteiger partial charge in [-0.3, -0.25) is 4.79 Å². The summed E-state index contributed by atoms with van der Waals surface area (Å²) in [4.78, 5) is 19.1. The largest absolute Gasteiger partial charge is 0.435 e. The van der Waals surface area contributed by atoms with Gasteiger partial charge >= 0.3 is 0 Å². The Morgan fingerprint density at radius 3 is 2.80 bits per heavy atom. The Morgan fingerprint density at radius 2 is 2.10 bits per heavy atom. The second kappa shape index (κ2) is 6.31. The van der Waals surface area contributed by atoms with Gasteiger partial charge in [0.15, 0.2) is 11.6 Å². The Labute approximate surface area is 123 Å². The van der Waals surface area contributed by atoms with E-state index < -0.39 is 0 Å². The van der Waals surface area contributed by atoms with Crippen molar-refractivity contribution in [2.45, 2.75) is 6.92 Å². The highest BCUT2D eigenvalue weighted by molar-refractivity contribution is 9.10. The van der Waals surface area contributed by atoms with E-state index in [4.69, 9.17) is 10.6 Å². The van der Waals surface area contributed by atoms with Gasteiger partial charge in [0.2, 0.25) is 11.8 Å². The van der Waals surface area contributed by atoms with Gasteiger partial charge in [0.25, 0.3) is 0 Å². The summed E-state index contributed by atoms with van der Waals surface area (Å²) in [6.07, 6.45) is 1.32. The first-order valence-corrected chi connectivity index (χ1v) is 6.42. The van der Waals surface area contributed by atoms with Crippen LogP contribution in [0.25, 0.3) is 0 Å². The fourth-order valence-electron chi connectivity index (χ4n) is 1.48. The lowest BCUT2D eigenvalue weighted by Crippen LogP contribution is -2.10. The monoisotopic (exact) mass is 337 g/mol. The number of rotatable bonds is 4. The first-order valence-electron chi connectivity index (χ1n) is 5.63. The molecule has 7 nitrogen and oxygen atoms in total. The van der Waals surface area contributed by atoms with Gasteiger partial charge in [-0.2, -0.15) is 0 Å². The summed E-state index contributed by atoms with van der Waals surface area (Å²) in [6, 6.07) is 7.03. The average Bonchev–Trinajstić information content (AvgIpc) is 2.42. The van der Waals surface area contributed by atoms with Crippen LogP contribution in [0.4, 0.5) is 11.5 Å². The second-order valence-corrected chi connectivity index (χ2v) is 4.56. The molecule has 8 heteroatoms. The normalized spacial score (nSPS) is 9.95. The Hall–Kier alpha value is -2.19. The number of carbonyl (C=O) groups is 1. The lowest BCUT2D eigenvalue weighted by atomic mass is 10.3. The van der Waals surface area contributed by atoms with Crippen molar-refractivity contribution in [3.63, 3.8) is 0 Å². The van der Waals surface area contributed by atoms with Gasteiger partial charge in [-0.1, -0.05) is 12.1 Å². The molecule has 0 aliphatic heterocycles. The van der Waals surface area contributed by atoms with Crippen LogP contribution in [0.15, 0.2) is 35.1 Å². The number of hydrogen-bond donors (Lipinski definition) is 3. The minimum absolute atomic E-state index is 0.188. The number of nitrogen functional groups attached to an aromatic ring is 1. The molecule has 0 atom stereocenters. The van der Waals surface area contributed by atoms with Crippen LogP contribution in [0.2, 0.25) is 0 Å². The number of nitrogens with two attached hydrogens (primary N) is 1. The van der Waals surface area contributed by atoms with Crippen molar-refractivity contribution >= 4 is 33.3 Å². The molecule has 0 aliphatic carbocycles. The minimum atomic E-state index is -0.188. The van der Waals surface area contributed by atoms with Crippen molar-refractivity contribution in [1.82, 2.24) is 9.97 Å². The van der Waals surface area contributed by atoms with Gasteiger partial charge in [-0.15, -0.1) is 0 Å². The summed E-state index contributed by atoms with van der Waals surface area (Å²) in [6.45, 7) is 1.42. The van der Waals surface area contributed by atoms with Crippen molar-refractivity contribution in [3.05, 3.63) is 35.1 Å². The SMILES string of the molecule is CC(=O)Nc1ccccc1Oc1ncnc(NN)c1Br. The molecule has 0 unspecified atom stereocenters. The van der Waals surface area contributed by atoms with Crippen molar-refractivity contribution in [2.75, 3.05) is 10.7 Å². The van der Waals surface area contributed by atoms with Crippen LogP contribution in [-0.2, 0) is 4.79 Å². The summed E-state index contributed by atoms with van der Waals surface area (Å²) >= 11 is 3.29. The van der Waals surface area contributed by atoms with Crippen molar-refractivity contribution in [2.24, 2.45) is 5.84 Å². The van der Waals surface area contributed by atoms with Crippen LogP contribution in [0, 0.1) is 0 Å². The maximum atomic E-state index is 11.2. The fourth-order valence-corrected chi connectivity index (χ4v) is 1.88. The number of nitrogens with one attached hydrogen (secondary N) is 2. The molecule has 104 valence electrons. The van der Waals surface area contributed by atoms with Gasteiger partial charge in [0.1, 0.15) is 10.8 Å². The third-order valence-electron chi connectivity index (χ3n) is 2.30. The Bertz CT molecular complexity index is 635. The number of anilines is 2. The summed E-state index contributed by atoms with van der Waals surface area (Å²) in [5, 5.41) is 2.68. The van der Waals surface area contributed by atoms with Crippen LogP contribution in [0.1, 0.15) is 6.92 Å². The highest BCUT2D eigenvalue weighted by atomic mass is 79.9. The van der Waals surface area contributed by atoms with Crippen LogP contribution in [-0.4, -0.2) is 15.9 Å². The molecule has 0 fully saturated rings. The zero-order chi connectivity index (χ0) is 14.5. The van der Waals surface area contributed by atoms with E-state index in [1.165, 1.54) is 13.3 Å². The number of hydrazine groups is 1. The van der Waals surface area contributed by atoms with E-state index >= 15 is 0 Å². The molecule has 2 rings (SSSR count). The lowest BCUT2D eigenvalue weighted by Gasteiger charge is -2.12. The third-order valence-corrected chi connectivity index (χ3v) is 3.01. The molecule has 0 bridgehead atoms. The van der Waals surface area contributed by atoms with Gasteiger partial charge in [0.05, 0.1) is 5.69 Å². The minimum Gasteiger partial charge on any atom is -0.435 e. The highest BCUT2D eigenvalue weighted by Gasteiger charge is 2.12. The molecule has 0 saturated heterocycles. The number of halogens is 1. The van der Waals surface area contributed by atoms with E-state index in [1.807, 2.05) is 0 Å². The number of benzene rings is 1. The zero-order valence-corrected chi connectivity index (χ0v) is 12.1. The fraction of sp³-hybridized carbons (Fsp3) is 0.0833. The summed E-state index contributed by atoms with van der Waals surface area (Å²) in [5.41, 5.74) is 2.97. The molecular formula is C12H12BrN5O2.